The highest BCUT2D eigenvalue weighted by atomic mass is 16.7. The van der Waals surface area contributed by atoms with Crippen molar-refractivity contribution in [3.63, 3.8) is 0 Å². The molecule has 0 N–H and O–H groups in total. The molecule has 0 bridgehead atoms. The summed E-state index contributed by atoms with van der Waals surface area (Å²) in [6.07, 6.45) is 0. The molecular weight excluding hydrogens is 318 g/mol. The predicted molar refractivity (Wildman–Crippen MR) is 95.5 cm³/mol. The van der Waals surface area contributed by atoms with Gasteiger partial charge < -0.3 is 14.2 Å². The smallest absolute Gasteiger partial charge is 0.231 e. The summed E-state index contributed by atoms with van der Waals surface area (Å²) in [6.45, 7) is 8.55. The Morgan fingerprint density at radius 3 is 2.68 bits per heavy atom. The number of aryl methyl sites for hydroxylation is 2. The zero-order valence-corrected chi connectivity index (χ0v) is 15.1. The molecule has 0 aliphatic carbocycles. The Bertz CT molecular complexity index is 976. The van der Waals surface area contributed by atoms with Crippen LogP contribution in [0.2, 0.25) is 0 Å². The zero-order chi connectivity index (χ0) is 17.7. The van der Waals surface area contributed by atoms with Crippen LogP contribution < -0.4 is 14.2 Å². The molecule has 0 saturated carbocycles. The highest BCUT2D eigenvalue weighted by Crippen LogP contribution is 2.44. The number of fused-ring (bicyclic) bond motifs is 2. The minimum Gasteiger partial charge on any atom is -0.493 e. The summed E-state index contributed by atoms with van der Waals surface area (Å²) < 4.78 is 18.4. The fraction of sp³-hybridized carbons (Fsp3) is 0.368. The van der Waals surface area contributed by atoms with E-state index in [0.717, 1.165) is 33.5 Å². The zero-order valence-electron chi connectivity index (χ0n) is 15.1. The fourth-order valence-corrected chi connectivity index (χ4v) is 3.31. The van der Waals surface area contributed by atoms with Crippen molar-refractivity contribution >= 4 is 11.0 Å². The number of benzene rings is 1. The van der Waals surface area contributed by atoms with Gasteiger partial charge in [-0.3, -0.25) is 0 Å². The van der Waals surface area contributed by atoms with Crippen LogP contribution in [0, 0.1) is 13.8 Å². The maximum absolute atomic E-state index is 5.54. The molecule has 3 heterocycles. The summed E-state index contributed by atoms with van der Waals surface area (Å²) in [7, 11) is 1.63. The van der Waals surface area contributed by atoms with Gasteiger partial charge >= 0.3 is 0 Å². The molecule has 0 amide bonds. The predicted octanol–water partition coefficient (Wildman–Crippen LogP) is 4.03. The Morgan fingerprint density at radius 1 is 1.16 bits per heavy atom. The number of hydrogen-bond donors (Lipinski definition) is 0. The average molecular weight is 339 g/mol. The van der Waals surface area contributed by atoms with Crippen LogP contribution in [-0.4, -0.2) is 28.7 Å². The van der Waals surface area contributed by atoms with Gasteiger partial charge in [-0.2, -0.15) is 5.10 Å². The largest absolute Gasteiger partial charge is 0.493 e. The molecule has 0 atom stereocenters. The second-order valence-corrected chi connectivity index (χ2v) is 6.56. The van der Waals surface area contributed by atoms with E-state index in [2.05, 4.69) is 31.9 Å². The quantitative estimate of drug-likeness (QED) is 0.721. The lowest BCUT2D eigenvalue weighted by Gasteiger charge is -2.11. The number of rotatable bonds is 3. The van der Waals surface area contributed by atoms with Crippen LogP contribution in [-0.2, 0) is 0 Å². The molecule has 3 aromatic rings. The average Bonchev–Trinajstić information content (AvgIpc) is 3.18. The second-order valence-electron chi connectivity index (χ2n) is 6.56. The van der Waals surface area contributed by atoms with E-state index >= 15 is 0 Å². The summed E-state index contributed by atoms with van der Waals surface area (Å²) in [5.74, 6) is 1.98. The third-order valence-electron chi connectivity index (χ3n) is 4.48. The summed E-state index contributed by atoms with van der Waals surface area (Å²) >= 11 is 0. The van der Waals surface area contributed by atoms with Gasteiger partial charge in [0.25, 0.3) is 0 Å². The molecule has 0 unspecified atom stereocenters. The van der Waals surface area contributed by atoms with E-state index in [-0.39, 0.29) is 12.8 Å². The first-order valence-electron chi connectivity index (χ1n) is 8.34. The molecule has 1 aromatic carbocycles. The van der Waals surface area contributed by atoms with Gasteiger partial charge in [0, 0.05) is 17.0 Å². The lowest BCUT2D eigenvalue weighted by molar-refractivity contribution is 0.171. The summed E-state index contributed by atoms with van der Waals surface area (Å²) in [5.41, 5.74) is 4.85. The van der Waals surface area contributed by atoms with Crippen LogP contribution in [0.4, 0.5) is 0 Å². The van der Waals surface area contributed by atoms with Crippen LogP contribution in [0.25, 0.3) is 22.3 Å². The van der Waals surface area contributed by atoms with Gasteiger partial charge in [-0.05, 0) is 51.5 Å². The van der Waals surface area contributed by atoms with E-state index in [0.29, 0.717) is 17.2 Å². The van der Waals surface area contributed by atoms with Gasteiger partial charge in [0.1, 0.15) is 0 Å². The third-order valence-corrected chi connectivity index (χ3v) is 4.48. The molecule has 0 spiro atoms. The van der Waals surface area contributed by atoms with E-state index in [1.54, 1.807) is 7.11 Å². The first-order chi connectivity index (χ1) is 12.0. The molecule has 1 aliphatic rings. The Kier molecular flexibility index (Phi) is 3.56. The molecule has 6 heteroatoms. The summed E-state index contributed by atoms with van der Waals surface area (Å²) in [6, 6.07) is 6.20. The Balaban J connectivity index is 1.95. The SMILES string of the molecule is COc1cc(-c2cc(C)c3c(C)nn(C(C)C)c3n2)cc2c1OCO2. The number of methoxy groups -OCH3 is 1. The maximum atomic E-state index is 5.54. The number of aromatic nitrogens is 3. The van der Waals surface area contributed by atoms with E-state index in [4.69, 9.17) is 19.2 Å². The van der Waals surface area contributed by atoms with Crippen LogP contribution in [0.5, 0.6) is 17.2 Å². The number of pyridine rings is 1. The van der Waals surface area contributed by atoms with Crippen molar-refractivity contribution in [3.8, 4) is 28.5 Å². The fourth-order valence-electron chi connectivity index (χ4n) is 3.31. The van der Waals surface area contributed by atoms with Crippen LogP contribution in [0.3, 0.4) is 0 Å². The van der Waals surface area contributed by atoms with Crippen molar-refractivity contribution in [2.45, 2.75) is 33.7 Å². The lowest BCUT2D eigenvalue weighted by Crippen LogP contribution is -2.04. The van der Waals surface area contributed by atoms with E-state index in [1.807, 2.05) is 23.7 Å². The van der Waals surface area contributed by atoms with Crippen molar-refractivity contribution < 1.29 is 14.2 Å². The Labute approximate surface area is 146 Å². The van der Waals surface area contributed by atoms with E-state index < -0.39 is 0 Å². The molecule has 25 heavy (non-hydrogen) atoms. The molecule has 0 fully saturated rings. The van der Waals surface area contributed by atoms with Gasteiger partial charge in [-0.1, -0.05) is 0 Å². The van der Waals surface area contributed by atoms with Crippen LogP contribution in [0.15, 0.2) is 18.2 Å². The van der Waals surface area contributed by atoms with Crippen LogP contribution in [0.1, 0.15) is 31.1 Å². The molecule has 130 valence electrons. The van der Waals surface area contributed by atoms with Crippen molar-refractivity contribution in [2.24, 2.45) is 0 Å². The van der Waals surface area contributed by atoms with Gasteiger partial charge in [-0.15, -0.1) is 0 Å². The molecule has 1 aliphatic heterocycles. The lowest BCUT2D eigenvalue weighted by atomic mass is 10.1. The van der Waals surface area contributed by atoms with Gasteiger partial charge in [0.05, 0.1) is 18.5 Å². The second kappa shape index (κ2) is 5.65. The normalized spacial score (nSPS) is 13.0. The number of ether oxygens (including phenoxy) is 3. The summed E-state index contributed by atoms with van der Waals surface area (Å²) in [5, 5.41) is 5.78. The van der Waals surface area contributed by atoms with Crippen LogP contribution >= 0.6 is 0 Å². The number of hydrogen-bond acceptors (Lipinski definition) is 5. The van der Waals surface area contributed by atoms with Gasteiger partial charge in [-0.25, -0.2) is 9.67 Å². The number of nitrogens with zero attached hydrogens (tertiary/aromatic N) is 3. The van der Waals surface area contributed by atoms with Gasteiger partial charge in [0.15, 0.2) is 17.1 Å². The summed E-state index contributed by atoms with van der Waals surface area (Å²) in [4.78, 5) is 4.90. The van der Waals surface area contributed by atoms with Crippen molar-refractivity contribution in [3.05, 3.63) is 29.5 Å². The molecule has 0 radical (unpaired) electrons. The Morgan fingerprint density at radius 2 is 1.96 bits per heavy atom. The molecule has 6 nitrogen and oxygen atoms in total. The molecule has 4 rings (SSSR count). The van der Waals surface area contributed by atoms with E-state index in [1.165, 1.54) is 0 Å². The van der Waals surface area contributed by atoms with Gasteiger partial charge in [0.2, 0.25) is 12.5 Å². The molecular formula is C19H21N3O3. The monoisotopic (exact) mass is 339 g/mol. The Hall–Kier alpha value is -2.76. The van der Waals surface area contributed by atoms with Crippen molar-refractivity contribution in [2.75, 3.05) is 13.9 Å². The first-order valence-corrected chi connectivity index (χ1v) is 8.34. The van der Waals surface area contributed by atoms with Crippen molar-refractivity contribution in [1.82, 2.24) is 14.8 Å². The minimum absolute atomic E-state index is 0.208. The molecule has 2 aromatic heterocycles. The highest BCUT2D eigenvalue weighted by molar-refractivity contribution is 5.85. The first kappa shape index (κ1) is 15.7. The van der Waals surface area contributed by atoms with E-state index in [9.17, 15) is 0 Å². The topological polar surface area (TPSA) is 58.4 Å². The molecule has 0 saturated heterocycles. The van der Waals surface area contributed by atoms with Crippen molar-refractivity contribution in [1.29, 1.82) is 0 Å². The minimum atomic E-state index is 0.208. The highest BCUT2D eigenvalue weighted by Gasteiger charge is 2.22. The maximum Gasteiger partial charge on any atom is 0.231 e. The standard InChI is InChI=1S/C19H21N3O3/c1-10(2)22-19-17(12(4)21-22)11(3)6-14(20-19)13-7-15(23-5)18-16(8-13)24-9-25-18/h6-8,10H,9H2,1-5H3. The third kappa shape index (κ3) is 2.40.